The quantitative estimate of drug-likeness (QED) is 0.718. The molecule has 0 unspecified atom stereocenters. The fourth-order valence-corrected chi connectivity index (χ4v) is 3.35. The Morgan fingerprint density at radius 3 is 2.75 bits per heavy atom. The van der Waals surface area contributed by atoms with Gasteiger partial charge in [-0.3, -0.25) is 24.6 Å². The van der Waals surface area contributed by atoms with Gasteiger partial charge in [-0.25, -0.2) is 4.98 Å². The summed E-state index contributed by atoms with van der Waals surface area (Å²) in [5.41, 5.74) is 8.57. The van der Waals surface area contributed by atoms with Crippen molar-refractivity contribution in [2.24, 2.45) is 4.99 Å². The number of rotatable bonds is 5. The minimum Gasteiger partial charge on any atom is -0.347 e. The van der Waals surface area contributed by atoms with Crippen molar-refractivity contribution >= 4 is 23.6 Å². The second kappa shape index (κ2) is 7.72. The second-order valence-corrected chi connectivity index (χ2v) is 6.86. The standard InChI is InChI=1S/C21H24N6O/c1-3-18-20(26-13-15(2)4-9-19(26)25-18)21(28)23-12-16-5-7-17(8-6-16)27-11-10-22-14-24-27/h4-9,13-14H,3,10-12H2,1-2H3,(H,22,24)(H,23,28). The molecule has 1 amide bonds. The molecule has 3 heterocycles. The first-order valence-corrected chi connectivity index (χ1v) is 9.52. The highest BCUT2D eigenvalue weighted by Gasteiger charge is 2.18. The molecule has 0 saturated carbocycles. The Balaban J connectivity index is 1.48. The summed E-state index contributed by atoms with van der Waals surface area (Å²) >= 11 is 0. The fraction of sp³-hybridized carbons (Fsp3) is 0.286. The minimum atomic E-state index is -0.104. The molecule has 1 aliphatic rings. The molecular formula is C21H24N6O. The van der Waals surface area contributed by atoms with Gasteiger partial charge < -0.3 is 5.32 Å². The van der Waals surface area contributed by atoms with Crippen LogP contribution in [0.25, 0.3) is 5.65 Å². The van der Waals surface area contributed by atoms with Gasteiger partial charge in [0.25, 0.3) is 5.91 Å². The van der Waals surface area contributed by atoms with Crippen LogP contribution in [0.4, 0.5) is 5.69 Å². The summed E-state index contributed by atoms with van der Waals surface area (Å²) in [7, 11) is 0. The van der Waals surface area contributed by atoms with Crippen LogP contribution in [0.1, 0.15) is 34.2 Å². The molecule has 28 heavy (non-hydrogen) atoms. The number of carbonyl (C=O) groups excluding carboxylic acids is 1. The van der Waals surface area contributed by atoms with E-state index in [-0.39, 0.29) is 5.91 Å². The Morgan fingerprint density at radius 1 is 1.21 bits per heavy atom. The first-order valence-electron chi connectivity index (χ1n) is 9.52. The number of fused-ring (bicyclic) bond motifs is 1. The van der Waals surface area contributed by atoms with Crippen molar-refractivity contribution in [1.29, 1.82) is 0 Å². The molecule has 144 valence electrons. The maximum atomic E-state index is 12.9. The number of aromatic nitrogens is 2. The van der Waals surface area contributed by atoms with Crippen LogP contribution in [0.15, 0.2) is 47.6 Å². The Bertz CT molecular complexity index is 1020. The van der Waals surface area contributed by atoms with Crippen molar-refractivity contribution in [3.05, 3.63) is 65.1 Å². The van der Waals surface area contributed by atoms with E-state index in [1.54, 1.807) is 6.34 Å². The number of hydrazine groups is 1. The maximum Gasteiger partial charge on any atom is 0.270 e. The number of carbonyl (C=O) groups is 1. The largest absolute Gasteiger partial charge is 0.347 e. The molecule has 0 saturated heterocycles. The van der Waals surface area contributed by atoms with Crippen LogP contribution in [0.3, 0.4) is 0 Å². The molecule has 0 aliphatic carbocycles. The highest BCUT2D eigenvalue weighted by atomic mass is 16.1. The minimum absolute atomic E-state index is 0.104. The van der Waals surface area contributed by atoms with Crippen molar-refractivity contribution in [2.75, 3.05) is 18.1 Å². The molecule has 2 aromatic heterocycles. The zero-order chi connectivity index (χ0) is 19.5. The van der Waals surface area contributed by atoms with Crippen LogP contribution in [0.5, 0.6) is 0 Å². The predicted octanol–water partition coefficient (Wildman–Crippen LogP) is 2.49. The first kappa shape index (κ1) is 18.0. The topological polar surface area (TPSA) is 74.0 Å². The highest BCUT2D eigenvalue weighted by molar-refractivity contribution is 5.94. The first-order chi connectivity index (χ1) is 13.7. The second-order valence-electron chi connectivity index (χ2n) is 6.86. The van der Waals surface area contributed by atoms with Crippen LogP contribution >= 0.6 is 0 Å². The molecule has 3 aromatic rings. The predicted molar refractivity (Wildman–Crippen MR) is 111 cm³/mol. The van der Waals surface area contributed by atoms with Gasteiger partial charge in [0, 0.05) is 12.7 Å². The van der Waals surface area contributed by atoms with Crippen LogP contribution in [0, 0.1) is 6.92 Å². The van der Waals surface area contributed by atoms with E-state index in [2.05, 4.69) is 20.7 Å². The van der Waals surface area contributed by atoms with E-state index in [0.29, 0.717) is 18.7 Å². The van der Waals surface area contributed by atoms with E-state index in [9.17, 15) is 4.79 Å². The summed E-state index contributed by atoms with van der Waals surface area (Å²) in [4.78, 5) is 21.6. The van der Waals surface area contributed by atoms with Gasteiger partial charge in [-0.1, -0.05) is 25.1 Å². The van der Waals surface area contributed by atoms with E-state index < -0.39 is 0 Å². The number of anilines is 1. The Labute approximate surface area is 164 Å². The SMILES string of the molecule is CCc1nc2ccc(C)cn2c1C(=O)NCc1ccc(N2CCN=CN2)cc1. The number of aryl methyl sites for hydroxylation is 2. The van der Waals surface area contributed by atoms with E-state index in [4.69, 9.17) is 0 Å². The molecule has 0 atom stereocenters. The van der Waals surface area contributed by atoms with E-state index in [1.165, 1.54) is 0 Å². The van der Waals surface area contributed by atoms with Gasteiger partial charge in [-0.15, -0.1) is 0 Å². The molecule has 1 aliphatic heterocycles. The summed E-state index contributed by atoms with van der Waals surface area (Å²) in [6, 6.07) is 12.1. The zero-order valence-corrected chi connectivity index (χ0v) is 16.1. The molecule has 1 aromatic carbocycles. The Hall–Kier alpha value is -3.35. The van der Waals surface area contributed by atoms with Crippen LogP contribution in [-0.4, -0.2) is 34.7 Å². The average molecular weight is 376 g/mol. The summed E-state index contributed by atoms with van der Waals surface area (Å²) in [5, 5.41) is 5.08. The number of hydrogen-bond donors (Lipinski definition) is 2. The van der Waals surface area contributed by atoms with Gasteiger partial charge >= 0.3 is 0 Å². The number of benzene rings is 1. The van der Waals surface area contributed by atoms with Crippen LogP contribution in [0.2, 0.25) is 0 Å². The molecule has 0 fully saturated rings. The fourth-order valence-electron chi connectivity index (χ4n) is 3.35. The monoisotopic (exact) mass is 376 g/mol. The van der Waals surface area contributed by atoms with Crippen molar-refractivity contribution in [3.63, 3.8) is 0 Å². The summed E-state index contributed by atoms with van der Waals surface area (Å²) in [6.45, 7) is 6.11. The Morgan fingerprint density at radius 2 is 2.04 bits per heavy atom. The molecule has 2 N–H and O–H groups in total. The van der Waals surface area contributed by atoms with Gasteiger partial charge in [-0.05, 0) is 42.7 Å². The van der Waals surface area contributed by atoms with Gasteiger partial charge in [-0.2, -0.15) is 0 Å². The van der Waals surface area contributed by atoms with Crippen LogP contribution in [-0.2, 0) is 13.0 Å². The highest BCUT2D eigenvalue weighted by Crippen LogP contribution is 2.16. The average Bonchev–Trinajstić information content (AvgIpc) is 3.11. The normalized spacial score (nSPS) is 13.6. The van der Waals surface area contributed by atoms with E-state index >= 15 is 0 Å². The lowest BCUT2D eigenvalue weighted by molar-refractivity contribution is 0.0944. The number of nitrogens with one attached hydrogen (secondary N) is 2. The molecule has 0 radical (unpaired) electrons. The lowest BCUT2D eigenvalue weighted by atomic mass is 10.2. The van der Waals surface area contributed by atoms with E-state index in [1.807, 2.05) is 65.9 Å². The number of imidazole rings is 1. The third-order valence-corrected chi connectivity index (χ3v) is 4.85. The van der Waals surface area contributed by atoms with Gasteiger partial charge in [0.1, 0.15) is 17.7 Å². The summed E-state index contributed by atoms with van der Waals surface area (Å²) in [6.07, 6.45) is 4.38. The van der Waals surface area contributed by atoms with Crippen molar-refractivity contribution in [2.45, 2.75) is 26.8 Å². The third-order valence-electron chi connectivity index (χ3n) is 4.85. The van der Waals surface area contributed by atoms with Crippen molar-refractivity contribution in [1.82, 2.24) is 20.1 Å². The van der Waals surface area contributed by atoms with Gasteiger partial charge in [0.05, 0.1) is 24.5 Å². The number of aliphatic imine (C=N–C) groups is 1. The molecular weight excluding hydrogens is 352 g/mol. The number of pyridine rings is 1. The third kappa shape index (κ3) is 3.55. The summed E-state index contributed by atoms with van der Waals surface area (Å²) in [5.74, 6) is -0.104. The maximum absolute atomic E-state index is 12.9. The zero-order valence-electron chi connectivity index (χ0n) is 16.1. The van der Waals surface area contributed by atoms with Crippen molar-refractivity contribution in [3.8, 4) is 0 Å². The molecule has 7 nitrogen and oxygen atoms in total. The van der Waals surface area contributed by atoms with Crippen molar-refractivity contribution < 1.29 is 4.79 Å². The molecule has 4 rings (SSSR count). The van der Waals surface area contributed by atoms with Gasteiger partial charge in [0.15, 0.2) is 0 Å². The lowest BCUT2D eigenvalue weighted by Gasteiger charge is -2.26. The van der Waals surface area contributed by atoms with E-state index in [0.717, 1.165) is 41.2 Å². The lowest BCUT2D eigenvalue weighted by Crippen LogP contribution is -2.42. The molecule has 0 spiro atoms. The smallest absolute Gasteiger partial charge is 0.270 e. The number of hydrogen-bond acceptors (Lipinski definition) is 5. The number of amides is 1. The van der Waals surface area contributed by atoms with Crippen LogP contribution < -0.4 is 15.8 Å². The number of nitrogens with zero attached hydrogens (tertiary/aromatic N) is 4. The van der Waals surface area contributed by atoms with Gasteiger partial charge in [0.2, 0.25) is 0 Å². The Kier molecular flexibility index (Phi) is 4.97. The molecule has 7 heteroatoms. The molecule has 0 bridgehead atoms. The summed E-state index contributed by atoms with van der Waals surface area (Å²) < 4.78 is 1.89.